The van der Waals surface area contributed by atoms with E-state index in [0.29, 0.717) is 0 Å². The Bertz CT molecular complexity index is 883. The molecule has 0 aliphatic heterocycles. The van der Waals surface area contributed by atoms with Crippen LogP contribution in [0.25, 0.3) is 22.5 Å². The fraction of sp³-hybridized carbons (Fsp3) is 0.0455. The van der Waals surface area contributed by atoms with E-state index >= 15 is 0 Å². The van der Waals surface area contributed by atoms with Crippen LogP contribution >= 0.6 is 0 Å². The third-order valence-electron chi connectivity index (χ3n) is 4.33. The first-order valence-corrected chi connectivity index (χ1v) is 8.43. The van der Waals surface area contributed by atoms with Gasteiger partial charge in [0.05, 0.1) is 0 Å². The summed E-state index contributed by atoms with van der Waals surface area (Å²) < 4.78 is 0. The zero-order chi connectivity index (χ0) is 17.8. The van der Waals surface area contributed by atoms with Crippen LogP contribution < -0.4 is 4.90 Å². The number of hydrogen-bond acceptors (Lipinski definition) is 4. The lowest BCUT2D eigenvalue weighted by atomic mass is 10.1. The second kappa shape index (κ2) is 7.15. The number of anilines is 2. The van der Waals surface area contributed by atoms with Crippen molar-refractivity contribution in [3.8, 4) is 22.5 Å². The first kappa shape index (κ1) is 16.0. The van der Waals surface area contributed by atoms with Crippen molar-refractivity contribution in [2.75, 3.05) is 11.9 Å². The highest BCUT2D eigenvalue weighted by Gasteiger charge is 2.06. The zero-order valence-electron chi connectivity index (χ0n) is 14.4. The lowest BCUT2D eigenvalue weighted by Gasteiger charge is -2.20. The van der Waals surface area contributed by atoms with E-state index in [-0.39, 0.29) is 0 Å². The van der Waals surface area contributed by atoms with Gasteiger partial charge in [-0.25, -0.2) is 9.97 Å². The molecule has 0 saturated heterocycles. The van der Waals surface area contributed by atoms with E-state index < -0.39 is 0 Å². The SMILES string of the molecule is CN(c1ccc(-c2cccnc2)cc1)c1ccc(-c2ncccn2)cc1. The van der Waals surface area contributed by atoms with E-state index in [0.717, 1.165) is 33.9 Å². The maximum atomic E-state index is 4.29. The average molecular weight is 338 g/mol. The normalized spacial score (nSPS) is 10.5. The smallest absolute Gasteiger partial charge is 0.159 e. The molecule has 2 aromatic heterocycles. The van der Waals surface area contributed by atoms with Gasteiger partial charge in [-0.2, -0.15) is 0 Å². The Hall–Kier alpha value is -3.53. The van der Waals surface area contributed by atoms with E-state index in [1.54, 1.807) is 18.6 Å². The molecule has 2 heterocycles. The minimum atomic E-state index is 0.738. The summed E-state index contributed by atoms with van der Waals surface area (Å²) in [7, 11) is 2.06. The van der Waals surface area contributed by atoms with Crippen LogP contribution in [0.5, 0.6) is 0 Å². The predicted molar refractivity (Wildman–Crippen MR) is 105 cm³/mol. The summed E-state index contributed by atoms with van der Waals surface area (Å²) in [6.45, 7) is 0. The summed E-state index contributed by atoms with van der Waals surface area (Å²) in [5.41, 5.74) is 5.52. The molecule has 4 aromatic rings. The summed E-state index contributed by atoms with van der Waals surface area (Å²) >= 11 is 0. The quantitative estimate of drug-likeness (QED) is 0.527. The molecule has 0 aliphatic rings. The van der Waals surface area contributed by atoms with E-state index in [1.807, 2.05) is 30.5 Å². The maximum absolute atomic E-state index is 4.29. The van der Waals surface area contributed by atoms with Gasteiger partial charge >= 0.3 is 0 Å². The van der Waals surface area contributed by atoms with Gasteiger partial charge in [-0.3, -0.25) is 4.98 Å². The van der Waals surface area contributed by atoms with Gasteiger partial charge in [-0.15, -0.1) is 0 Å². The van der Waals surface area contributed by atoms with Crippen molar-refractivity contribution in [1.29, 1.82) is 0 Å². The predicted octanol–water partition coefficient (Wildman–Crippen LogP) is 4.97. The number of nitrogens with zero attached hydrogens (tertiary/aromatic N) is 4. The molecule has 0 bridgehead atoms. The van der Waals surface area contributed by atoms with Crippen LogP contribution in [0.4, 0.5) is 11.4 Å². The third-order valence-corrected chi connectivity index (χ3v) is 4.33. The van der Waals surface area contributed by atoms with E-state index in [4.69, 9.17) is 0 Å². The van der Waals surface area contributed by atoms with Crippen molar-refractivity contribution >= 4 is 11.4 Å². The first-order chi connectivity index (χ1) is 12.8. The van der Waals surface area contributed by atoms with Crippen LogP contribution in [0.15, 0.2) is 91.5 Å². The number of rotatable bonds is 4. The van der Waals surface area contributed by atoms with Crippen LogP contribution in [0, 0.1) is 0 Å². The Kier molecular flexibility index (Phi) is 4.39. The lowest BCUT2D eigenvalue weighted by molar-refractivity contribution is 1.17. The van der Waals surface area contributed by atoms with Gasteiger partial charge in [-0.1, -0.05) is 18.2 Å². The summed E-state index contributed by atoms with van der Waals surface area (Å²) in [6, 6.07) is 22.6. The molecular weight excluding hydrogens is 320 g/mol. The van der Waals surface area contributed by atoms with Crippen LogP contribution in [-0.4, -0.2) is 22.0 Å². The van der Waals surface area contributed by atoms with Gasteiger partial charge < -0.3 is 4.90 Å². The monoisotopic (exact) mass is 338 g/mol. The first-order valence-electron chi connectivity index (χ1n) is 8.43. The minimum absolute atomic E-state index is 0.738. The molecular formula is C22H18N4. The minimum Gasteiger partial charge on any atom is -0.345 e. The fourth-order valence-electron chi connectivity index (χ4n) is 2.84. The number of pyridine rings is 1. The second-order valence-electron chi connectivity index (χ2n) is 5.97. The fourth-order valence-corrected chi connectivity index (χ4v) is 2.84. The number of aromatic nitrogens is 3. The molecule has 4 nitrogen and oxygen atoms in total. The van der Waals surface area contributed by atoms with Crippen molar-refractivity contribution in [3.05, 3.63) is 91.5 Å². The molecule has 0 amide bonds. The number of benzene rings is 2. The van der Waals surface area contributed by atoms with Crippen molar-refractivity contribution in [2.45, 2.75) is 0 Å². The summed E-state index contributed by atoms with van der Waals surface area (Å²) in [5.74, 6) is 0.738. The number of hydrogen-bond donors (Lipinski definition) is 0. The molecule has 0 spiro atoms. The van der Waals surface area contributed by atoms with Crippen molar-refractivity contribution in [1.82, 2.24) is 15.0 Å². The van der Waals surface area contributed by atoms with E-state index in [9.17, 15) is 0 Å². The standard InChI is InChI=1S/C22H18N4/c1-26(20-9-5-17(6-10-20)19-4-2-13-23-16-19)21-11-7-18(8-12-21)22-24-14-3-15-25-22/h2-16H,1H3. The summed E-state index contributed by atoms with van der Waals surface area (Å²) in [5, 5.41) is 0. The molecule has 0 fully saturated rings. The zero-order valence-corrected chi connectivity index (χ0v) is 14.4. The highest BCUT2D eigenvalue weighted by atomic mass is 15.1. The van der Waals surface area contributed by atoms with Crippen LogP contribution in [-0.2, 0) is 0 Å². The van der Waals surface area contributed by atoms with Gasteiger partial charge in [0.2, 0.25) is 0 Å². The van der Waals surface area contributed by atoms with E-state index in [1.165, 1.54) is 0 Å². The molecule has 4 rings (SSSR count). The highest BCUT2D eigenvalue weighted by Crippen LogP contribution is 2.28. The Morgan fingerprint density at radius 2 is 1.23 bits per heavy atom. The van der Waals surface area contributed by atoms with Gasteiger partial charge in [0.15, 0.2) is 5.82 Å². The third kappa shape index (κ3) is 3.30. The molecule has 0 radical (unpaired) electrons. The van der Waals surface area contributed by atoms with Crippen LogP contribution in [0.1, 0.15) is 0 Å². The Morgan fingerprint density at radius 1 is 0.615 bits per heavy atom. The molecule has 4 heteroatoms. The van der Waals surface area contributed by atoms with E-state index in [2.05, 4.69) is 69.4 Å². The van der Waals surface area contributed by atoms with Gasteiger partial charge in [0, 0.05) is 48.8 Å². The van der Waals surface area contributed by atoms with Crippen LogP contribution in [0.2, 0.25) is 0 Å². The maximum Gasteiger partial charge on any atom is 0.159 e. The molecule has 126 valence electrons. The Labute approximate surface area is 152 Å². The average Bonchev–Trinajstić information content (AvgIpc) is 2.75. The largest absolute Gasteiger partial charge is 0.345 e. The molecule has 0 N–H and O–H groups in total. The van der Waals surface area contributed by atoms with Crippen LogP contribution in [0.3, 0.4) is 0 Å². The molecule has 0 aliphatic carbocycles. The van der Waals surface area contributed by atoms with Crippen molar-refractivity contribution < 1.29 is 0 Å². The second-order valence-corrected chi connectivity index (χ2v) is 5.97. The van der Waals surface area contributed by atoms with Crippen molar-refractivity contribution in [3.63, 3.8) is 0 Å². The molecule has 0 unspecified atom stereocenters. The Balaban J connectivity index is 1.55. The summed E-state index contributed by atoms with van der Waals surface area (Å²) in [4.78, 5) is 14.9. The molecule has 2 aromatic carbocycles. The van der Waals surface area contributed by atoms with Gasteiger partial charge in [-0.05, 0) is 59.7 Å². The topological polar surface area (TPSA) is 41.9 Å². The lowest BCUT2D eigenvalue weighted by Crippen LogP contribution is -2.09. The van der Waals surface area contributed by atoms with Gasteiger partial charge in [0.25, 0.3) is 0 Å². The Morgan fingerprint density at radius 3 is 1.81 bits per heavy atom. The molecule has 0 atom stereocenters. The van der Waals surface area contributed by atoms with Gasteiger partial charge in [0.1, 0.15) is 0 Å². The molecule has 0 saturated carbocycles. The highest BCUT2D eigenvalue weighted by molar-refractivity contribution is 5.70. The summed E-state index contributed by atoms with van der Waals surface area (Å²) in [6.07, 6.45) is 7.18. The molecule has 26 heavy (non-hydrogen) atoms. The van der Waals surface area contributed by atoms with Crippen molar-refractivity contribution in [2.24, 2.45) is 0 Å².